The van der Waals surface area contributed by atoms with E-state index < -0.39 is 0 Å². The van der Waals surface area contributed by atoms with E-state index in [1.54, 1.807) is 0 Å². The molecule has 0 amide bonds. The molecule has 1 unspecified atom stereocenters. The maximum Gasteiger partial charge on any atom is 0.0870 e. The molecule has 0 heterocycles. The van der Waals surface area contributed by atoms with Crippen LogP contribution in [0.2, 0.25) is 0 Å². The molecule has 18 heavy (non-hydrogen) atoms. The van der Waals surface area contributed by atoms with Gasteiger partial charge in [0.2, 0.25) is 0 Å². The van der Waals surface area contributed by atoms with Crippen LogP contribution >= 0.6 is 0 Å². The molecule has 3 rings (SSSR count). The Bertz CT molecular complexity index is 446. The molecule has 0 radical (unpaired) electrons. The van der Waals surface area contributed by atoms with Crippen LogP contribution in [0.4, 0.5) is 0 Å². The largest absolute Gasteiger partial charge is 0.411 e. The smallest absolute Gasteiger partial charge is 0.0870 e. The molecule has 96 valence electrons. The monoisotopic (exact) mass is 243 g/mol. The topological polar surface area (TPSA) is 32.6 Å². The molecule has 0 bridgehead atoms. The van der Waals surface area contributed by atoms with Crippen LogP contribution in [0.3, 0.4) is 0 Å². The van der Waals surface area contributed by atoms with Gasteiger partial charge in [-0.3, -0.25) is 0 Å². The van der Waals surface area contributed by atoms with Gasteiger partial charge in [-0.05, 0) is 43.1 Å². The lowest BCUT2D eigenvalue weighted by molar-refractivity contribution is 0.289. The average Bonchev–Trinajstić information content (AvgIpc) is 2.47. The third-order valence-corrected chi connectivity index (χ3v) is 4.70. The van der Waals surface area contributed by atoms with Crippen molar-refractivity contribution < 1.29 is 5.21 Å². The van der Waals surface area contributed by atoms with Crippen LogP contribution < -0.4 is 0 Å². The zero-order valence-electron chi connectivity index (χ0n) is 10.8. The van der Waals surface area contributed by atoms with Crippen LogP contribution in [0, 0.1) is 5.92 Å². The van der Waals surface area contributed by atoms with Gasteiger partial charge in [-0.2, -0.15) is 0 Å². The van der Waals surface area contributed by atoms with E-state index in [9.17, 15) is 0 Å². The lowest BCUT2D eigenvalue weighted by atomic mass is 9.70. The maximum atomic E-state index is 9.12. The normalized spacial score (nSPS) is 27.1. The van der Waals surface area contributed by atoms with Gasteiger partial charge in [-0.1, -0.05) is 48.7 Å². The van der Waals surface area contributed by atoms with Crippen molar-refractivity contribution >= 4 is 5.71 Å². The summed E-state index contributed by atoms with van der Waals surface area (Å²) in [5, 5.41) is 12.6. The molecule has 2 nitrogen and oxygen atoms in total. The van der Waals surface area contributed by atoms with E-state index in [0.29, 0.717) is 5.92 Å². The Labute approximate surface area is 109 Å². The Hall–Kier alpha value is -1.31. The predicted octanol–water partition coefficient (Wildman–Crippen LogP) is 4.32. The molecule has 0 saturated heterocycles. The first-order valence-corrected chi connectivity index (χ1v) is 7.20. The first-order valence-electron chi connectivity index (χ1n) is 7.20. The summed E-state index contributed by atoms with van der Waals surface area (Å²) >= 11 is 0. The van der Waals surface area contributed by atoms with Gasteiger partial charge in [-0.25, -0.2) is 0 Å². The Morgan fingerprint density at radius 1 is 1.00 bits per heavy atom. The number of hydrogen-bond donors (Lipinski definition) is 1. The van der Waals surface area contributed by atoms with Gasteiger partial charge in [0.1, 0.15) is 0 Å². The standard InChI is InChI=1S/C16H21NO/c18-17-16-11-10-13(12-6-2-1-3-7-12)14-8-4-5-9-15(14)16/h4-5,8-9,12-13,18H,1-3,6-7,10-11H2/b17-16+. The third-order valence-electron chi connectivity index (χ3n) is 4.70. The predicted molar refractivity (Wildman–Crippen MR) is 73.3 cm³/mol. The molecule has 1 aromatic carbocycles. The molecule has 2 aliphatic carbocycles. The fourth-order valence-electron chi connectivity index (χ4n) is 3.80. The molecular weight excluding hydrogens is 222 g/mol. The Balaban J connectivity index is 1.93. The van der Waals surface area contributed by atoms with Gasteiger partial charge in [0.25, 0.3) is 0 Å². The maximum absolute atomic E-state index is 9.12. The van der Waals surface area contributed by atoms with Crippen molar-refractivity contribution in [3.05, 3.63) is 35.4 Å². The second-order valence-corrected chi connectivity index (χ2v) is 5.68. The van der Waals surface area contributed by atoms with E-state index in [2.05, 4.69) is 23.4 Å². The van der Waals surface area contributed by atoms with Gasteiger partial charge in [0, 0.05) is 5.56 Å². The Kier molecular flexibility index (Phi) is 3.35. The zero-order valence-corrected chi connectivity index (χ0v) is 10.8. The van der Waals surface area contributed by atoms with Gasteiger partial charge < -0.3 is 5.21 Å². The molecule has 2 aliphatic rings. The van der Waals surface area contributed by atoms with Crippen LogP contribution in [0.5, 0.6) is 0 Å². The summed E-state index contributed by atoms with van der Waals surface area (Å²) in [5.41, 5.74) is 3.47. The van der Waals surface area contributed by atoms with Crippen LogP contribution in [0.1, 0.15) is 62.0 Å². The van der Waals surface area contributed by atoms with Crippen molar-refractivity contribution in [1.29, 1.82) is 0 Å². The quantitative estimate of drug-likeness (QED) is 0.578. The van der Waals surface area contributed by atoms with Crippen molar-refractivity contribution in [2.24, 2.45) is 11.1 Å². The molecule has 1 saturated carbocycles. The molecule has 1 aromatic rings. The van der Waals surface area contributed by atoms with Gasteiger partial charge in [0.05, 0.1) is 5.71 Å². The highest BCUT2D eigenvalue weighted by Gasteiger charge is 2.31. The average molecular weight is 243 g/mol. The van der Waals surface area contributed by atoms with E-state index in [1.165, 1.54) is 43.2 Å². The van der Waals surface area contributed by atoms with Crippen LogP contribution in [-0.2, 0) is 0 Å². The highest BCUT2D eigenvalue weighted by Crippen LogP contribution is 2.42. The molecule has 2 heteroatoms. The molecule has 1 N–H and O–H groups in total. The summed E-state index contributed by atoms with van der Waals surface area (Å²) in [6.45, 7) is 0. The Morgan fingerprint density at radius 2 is 1.78 bits per heavy atom. The van der Waals surface area contributed by atoms with E-state index in [0.717, 1.165) is 24.5 Å². The van der Waals surface area contributed by atoms with Gasteiger partial charge >= 0.3 is 0 Å². The Morgan fingerprint density at radius 3 is 2.56 bits per heavy atom. The summed E-state index contributed by atoms with van der Waals surface area (Å²) in [5.74, 6) is 1.53. The van der Waals surface area contributed by atoms with E-state index in [-0.39, 0.29) is 0 Å². The first kappa shape index (κ1) is 11.8. The molecule has 0 aliphatic heterocycles. The minimum Gasteiger partial charge on any atom is -0.411 e. The van der Waals surface area contributed by atoms with Crippen LogP contribution in [0.15, 0.2) is 29.4 Å². The van der Waals surface area contributed by atoms with E-state index in [1.807, 2.05) is 6.07 Å². The van der Waals surface area contributed by atoms with E-state index >= 15 is 0 Å². The van der Waals surface area contributed by atoms with Crippen molar-refractivity contribution in [3.63, 3.8) is 0 Å². The molecule has 0 aromatic heterocycles. The van der Waals surface area contributed by atoms with Crippen LogP contribution in [0.25, 0.3) is 0 Å². The number of fused-ring (bicyclic) bond motifs is 1. The highest BCUT2D eigenvalue weighted by atomic mass is 16.4. The zero-order chi connectivity index (χ0) is 12.4. The highest BCUT2D eigenvalue weighted by molar-refractivity contribution is 6.02. The molecular formula is C16H21NO. The number of hydrogen-bond acceptors (Lipinski definition) is 2. The van der Waals surface area contributed by atoms with Gasteiger partial charge in [0.15, 0.2) is 0 Å². The van der Waals surface area contributed by atoms with Crippen molar-refractivity contribution in [2.75, 3.05) is 0 Å². The summed E-state index contributed by atoms with van der Waals surface area (Å²) in [7, 11) is 0. The number of rotatable bonds is 1. The third kappa shape index (κ3) is 2.05. The second kappa shape index (κ2) is 5.13. The molecule has 1 fully saturated rings. The lowest BCUT2D eigenvalue weighted by Gasteiger charge is -2.34. The lowest BCUT2D eigenvalue weighted by Crippen LogP contribution is -2.24. The molecule has 1 atom stereocenters. The van der Waals surface area contributed by atoms with E-state index in [4.69, 9.17) is 5.21 Å². The minimum atomic E-state index is 0.687. The van der Waals surface area contributed by atoms with Crippen molar-refractivity contribution in [3.8, 4) is 0 Å². The number of nitrogens with zero attached hydrogens (tertiary/aromatic N) is 1. The minimum absolute atomic E-state index is 0.687. The van der Waals surface area contributed by atoms with Gasteiger partial charge in [-0.15, -0.1) is 0 Å². The SMILES string of the molecule is O/N=C1\CCC(C2CCCCC2)c2ccccc21. The summed E-state index contributed by atoms with van der Waals surface area (Å²) in [4.78, 5) is 0. The first-order chi connectivity index (χ1) is 8.90. The van der Waals surface area contributed by atoms with Crippen molar-refractivity contribution in [1.82, 2.24) is 0 Å². The summed E-state index contributed by atoms with van der Waals surface area (Å²) < 4.78 is 0. The fraction of sp³-hybridized carbons (Fsp3) is 0.562. The fourth-order valence-corrected chi connectivity index (χ4v) is 3.80. The number of benzene rings is 1. The second-order valence-electron chi connectivity index (χ2n) is 5.68. The van der Waals surface area contributed by atoms with Crippen molar-refractivity contribution in [2.45, 2.75) is 50.9 Å². The number of oxime groups is 1. The summed E-state index contributed by atoms with van der Waals surface area (Å²) in [6.07, 6.45) is 9.04. The summed E-state index contributed by atoms with van der Waals surface area (Å²) in [6, 6.07) is 8.51. The van der Waals surface area contributed by atoms with Crippen LogP contribution in [-0.4, -0.2) is 10.9 Å². The molecule has 0 spiro atoms.